The fraction of sp³-hybridized carbons (Fsp3) is 0.667. The van der Waals surface area contributed by atoms with Crippen LogP contribution in [-0.2, 0) is 17.8 Å². The molecule has 1 heterocycles. The monoisotopic (exact) mass is 521 g/mol. The highest BCUT2D eigenvalue weighted by Crippen LogP contribution is 2.15. The van der Waals surface area contributed by atoms with Crippen LogP contribution in [0.3, 0.4) is 0 Å². The quantitative estimate of drug-likeness (QED) is 0.313. The van der Waals surface area contributed by atoms with E-state index in [2.05, 4.69) is 36.3 Å². The van der Waals surface area contributed by atoms with E-state index in [4.69, 9.17) is 9.73 Å². The van der Waals surface area contributed by atoms with Gasteiger partial charge >= 0.3 is 0 Å². The number of ether oxygens (including phenoxy) is 1. The van der Waals surface area contributed by atoms with Gasteiger partial charge in [0.1, 0.15) is 5.82 Å². The van der Waals surface area contributed by atoms with Crippen molar-refractivity contribution in [1.82, 2.24) is 20.4 Å². The Bertz CT molecular complexity index is 648. The molecule has 0 saturated carbocycles. The Balaban J connectivity index is 0.00000420. The van der Waals surface area contributed by atoms with Gasteiger partial charge in [-0.15, -0.1) is 24.0 Å². The summed E-state index contributed by atoms with van der Waals surface area (Å²) in [4.78, 5) is 9.11. The van der Waals surface area contributed by atoms with Gasteiger partial charge in [0, 0.05) is 43.8 Å². The zero-order valence-electron chi connectivity index (χ0n) is 18.4. The molecular weight excluding hydrogens is 484 g/mol. The zero-order valence-corrected chi connectivity index (χ0v) is 20.8. The molecule has 29 heavy (non-hydrogen) atoms. The van der Waals surface area contributed by atoms with Gasteiger partial charge in [-0.3, -0.25) is 4.90 Å². The topological polar surface area (TPSA) is 52.1 Å². The molecule has 1 aromatic carbocycles. The van der Waals surface area contributed by atoms with Crippen molar-refractivity contribution in [3.63, 3.8) is 0 Å². The first-order chi connectivity index (χ1) is 13.3. The molecule has 0 radical (unpaired) electrons. The Hall–Kier alpha value is -0.970. The maximum Gasteiger partial charge on any atom is 0.191 e. The predicted octanol–water partition coefficient (Wildman–Crippen LogP) is 2.67. The molecule has 0 aliphatic carbocycles. The average Bonchev–Trinajstić information content (AvgIpc) is 2.66. The molecule has 2 N–H and O–H groups in total. The summed E-state index contributed by atoms with van der Waals surface area (Å²) in [5.41, 5.74) is 1.71. The summed E-state index contributed by atoms with van der Waals surface area (Å²) in [5.74, 6) is 0.612. The minimum atomic E-state index is -0.168. The van der Waals surface area contributed by atoms with E-state index in [0.717, 1.165) is 50.9 Å². The number of benzene rings is 1. The summed E-state index contributed by atoms with van der Waals surface area (Å²) >= 11 is 0. The second-order valence-corrected chi connectivity index (χ2v) is 8.12. The molecule has 1 fully saturated rings. The second kappa shape index (κ2) is 12.7. The molecule has 0 unspecified atom stereocenters. The predicted molar refractivity (Wildman–Crippen MR) is 128 cm³/mol. The lowest BCUT2D eigenvalue weighted by Gasteiger charge is -2.41. The molecule has 0 atom stereocenters. The Morgan fingerprint density at radius 3 is 2.55 bits per heavy atom. The van der Waals surface area contributed by atoms with E-state index in [1.54, 1.807) is 6.07 Å². The first kappa shape index (κ1) is 26.1. The van der Waals surface area contributed by atoms with E-state index in [9.17, 15) is 4.39 Å². The van der Waals surface area contributed by atoms with Crippen molar-refractivity contribution in [1.29, 1.82) is 0 Å². The summed E-state index contributed by atoms with van der Waals surface area (Å²) in [5, 5.41) is 6.76. The molecule has 0 aromatic heterocycles. The van der Waals surface area contributed by atoms with Crippen LogP contribution in [0, 0.1) is 5.82 Å². The van der Waals surface area contributed by atoms with Crippen LogP contribution < -0.4 is 10.6 Å². The van der Waals surface area contributed by atoms with Crippen molar-refractivity contribution >= 4 is 29.9 Å². The fourth-order valence-electron chi connectivity index (χ4n) is 3.28. The molecule has 1 saturated heterocycles. The number of rotatable bonds is 8. The van der Waals surface area contributed by atoms with E-state index in [0.29, 0.717) is 18.7 Å². The highest BCUT2D eigenvalue weighted by atomic mass is 127. The van der Waals surface area contributed by atoms with E-state index >= 15 is 0 Å². The summed E-state index contributed by atoms with van der Waals surface area (Å²) in [7, 11) is 3.88. The zero-order chi connectivity index (χ0) is 20.6. The van der Waals surface area contributed by atoms with Crippen molar-refractivity contribution in [3.8, 4) is 0 Å². The van der Waals surface area contributed by atoms with Gasteiger partial charge in [-0.2, -0.15) is 0 Å². The van der Waals surface area contributed by atoms with Gasteiger partial charge in [0.2, 0.25) is 0 Å². The van der Waals surface area contributed by atoms with Gasteiger partial charge in [0.25, 0.3) is 0 Å². The number of morpholine rings is 1. The van der Waals surface area contributed by atoms with Crippen LogP contribution in [0.25, 0.3) is 0 Å². The third-order valence-corrected chi connectivity index (χ3v) is 4.92. The maximum atomic E-state index is 14.0. The highest BCUT2D eigenvalue weighted by Gasteiger charge is 2.28. The number of aliphatic imine (C=N–C) groups is 1. The van der Waals surface area contributed by atoms with Gasteiger partial charge in [0.15, 0.2) is 5.96 Å². The lowest BCUT2D eigenvalue weighted by Crippen LogP contribution is -2.56. The fourth-order valence-corrected chi connectivity index (χ4v) is 3.28. The van der Waals surface area contributed by atoms with E-state index in [1.165, 1.54) is 6.07 Å². The summed E-state index contributed by atoms with van der Waals surface area (Å²) in [6.07, 6.45) is 0. The Kier molecular flexibility index (Phi) is 11.4. The molecule has 2 rings (SSSR count). The standard InChI is InChI=1S/C21H36FN5O.HI/c1-6-23-20(25-16-21(2,3)27-9-11-28-12-10-27)24-14-17-7-8-19(22)18(13-17)15-26(4)5;/h7-8,13H,6,9-12,14-16H2,1-5H3,(H2,23,24,25);1H. The Morgan fingerprint density at radius 1 is 1.24 bits per heavy atom. The first-order valence-corrected chi connectivity index (χ1v) is 10.1. The van der Waals surface area contributed by atoms with Crippen LogP contribution >= 0.6 is 24.0 Å². The Morgan fingerprint density at radius 2 is 1.93 bits per heavy atom. The van der Waals surface area contributed by atoms with Gasteiger partial charge in [-0.1, -0.05) is 6.07 Å². The molecule has 1 aromatic rings. The number of halogens is 2. The van der Waals surface area contributed by atoms with Gasteiger partial charge in [0.05, 0.1) is 19.8 Å². The summed E-state index contributed by atoms with van der Waals surface area (Å²) in [6, 6.07) is 5.24. The number of guanidine groups is 1. The van der Waals surface area contributed by atoms with Crippen molar-refractivity contribution in [3.05, 3.63) is 35.1 Å². The molecule has 6 nitrogen and oxygen atoms in total. The smallest absolute Gasteiger partial charge is 0.191 e. The van der Waals surface area contributed by atoms with E-state index in [-0.39, 0.29) is 35.3 Å². The number of nitrogens with one attached hydrogen (secondary N) is 2. The van der Waals surface area contributed by atoms with Crippen molar-refractivity contribution < 1.29 is 9.13 Å². The van der Waals surface area contributed by atoms with Crippen LogP contribution in [-0.4, -0.2) is 74.8 Å². The average molecular weight is 521 g/mol. The molecule has 166 valence electrons. The third kappa shape index (κ3) is 8.74. The lowest BCUT2D eigenvalue weighted by atomic mass is 10.0. The van der Waals surface area contributed by atoms with Crippen LogP contribution in [0.2, 0.25) is 0 Å². The van der Waals surface area contributed by atoms with E-state index < -0.39 is 0 Å². The number of hydrogen-bond acceptors (Lipinski definition) is 4. The number of nitrogens with zero attached hydrogens (tertiary/aromatic N) is 3. The molecular formula is C21H37FIN5O. The number of hydrogen-bond donors (Lipinski definition) is 2. The highest BCUT2D eigenvalue weighted by molar-refractivity contribution is 14.0. The minimum Gasteiger partial charge on any atom is -0.379 e. The van der Waals surface area contributed by atoms with Crippen LogP contribution in [0.4, 0.5) is 4.39 Å². The maximum absolute atomic E-state index is 14.0. The molecule has 0 amide bonds. The largest absolute Gasteiger partial charge is 0.379 e. The molecule has 0 bridgehead atoms. The Labute approximate surface area is 192 Å². The van der Waals surface area contributed by atoms with Gasteiger partial charge in [-0.05, 0) is 52.6 Å². The normalized spacial score (nSPS) is 15.9. The SMILES string of the molecule is CCNC(=NCc1ccc(F)c(CN(C)C)c1)NCC(C)(C)N1CCOCC1.I. The second-order valence-electron chi connectivity index (χ2n) is 8.12. The van der Waals surface area contributed by atoms with Crippen LogP contribution in [0.1, 0.15) is 31.9 Å². The van der Waals surface area contributed by atoms with Gasteiger partial charge in [-0.25, -0.2) is 9.38 Å². The molecule has 8 heteroatoms. The minimum absolute atomic E-state index is 0. The molecule has 1 aliphatic rings. The van der Waals surface area contributed by atoms with E-state index in [1.807, 2.05) is 25.1 Å². The van der Waals surface area contributed by atoms with Gasteiger partial charge < -0.3 is 20.3 Å². The van der Waals surface area contributed by atoms with Crippen molar-refractivity contribution in [2.24, 2.45) is 4.99 Å². The third-order valence-electron chi connectivity index (χ3n) is 4.92. The molecule has 0 spiro atoms. The molecule has 1 aliphatic heterocycles. The summed E-state index contributed by atoms with van der Waals surface area (Å²) in [6.45, 7) is 12.7. The lowest BCUT2D eigenvalue weighted by molar-refractivity contribution is -0.00834. The van der Waals surface area contributed by atoms with Crippen LogP contribution in [0.15, 0.2) is 23.2 Å². The first-order valence-electron chi connectivity index (χ1n) is 10.1. The van der Waals surface area contributed by atoms with Crippen LogP contribution in [0.5, 0.6) is 0 Å². The van der Waals surface area contributed by atoms with Crippen molar-refractivity contribution in [2.75, 3.05) is 53.5 Å². The van der Waals surface area contributed by atoms with Crippen molar-refractivity contribution in [2.45, 2.75) is 39.4 Å². The summed E-state index contributed by atoms with van der Waals surface area (Å²) < 4.78 is 19.4.